The fourth-order valence-corrected chi connectivity index (χ4v) is 2.68. The van der Waals surface area contributed by atoms with E-state index in [1.54, 1.807) is 0 Å². The van der Waals surface area contributed by atoms with Gasteiger partial charge in [-0.1, -0.05) is 6.92 Å². The van der Waals surface area contributed by atoms with Crippen molar-refractivity contribution < 1.29 is 9.53 Å². The largest absolute Gasteiger partial charge is 0.368 e. The Balaban J connectivity index is 1.80. The molecule has 0 saturated carbocycles. The van der Waals surface area contributed by atoms with E-state index in [0.717, 1.165) is 64.6 Å². The topological polar surface area (TPSA) is 57.2 Å². The smallest absolute Gasteiger partial charge is 0.251 e. The van der Waals surface area contributed by atoms with Crippen molar-refractivity contribution in [1.29, 1.82) is 0 Å². The highest BCUT2D eigenvalue weighted by Gasteiger charge is 2.30. The Bertz CT molecular complexity index is 345. The summed E-state index contributed by atoms with van der Waals surface area (Å²) >= 11 is 0. The highest BCUT2D eigenvalue weighted by molar-refractivity contribution is 5.82. The molecule has 2 rings (SSSR count). The molecule has 0 aromatic carbocycles. The number of ether oxygens (including phenoxy) is 1. The van der Waals surface area contributed by atoms with Crippen molar-refractivity contribution in [3.8, 4) is 0 Å². The highest BCUT2D eigenvalue weighted by atomic mass is 16.5. The molecule has 2 aliphatic heterocycles. The Morgan fingerprint density at radius 2 is 2.00 bits per heavy atom. The van der Waals surface area contributed by atoms with Gasteiger partial charge in [0.05, 0.1) is 0 Å². The van der Waals surface area contributed by atoms with Crippen LogP contribution in [0.3, 0.4) is 0 Å². The molecule has 2 aliphatic rings. The van der Waals surface area contributed by atoms with Crippen molar-refractivity contribution in [2.45, 2.75) is 32.3 Å². The van der Waals surface area contributed by atoms with Gasteiger partial charge in [0.1, 0.15) is 6.10 Å². The van der Waals surface area contributed by atoms with Crippen LogP contribution in [-0.2, 0) is 9.53 Å². The second-order valence-electron chi connectivity index (χ2n) is 5.29. The zero-order valence-electron chi connectivity index (χ0n) is 12.6. The Hall–Kier alpha value is -1.30. The molecule has 0 aromatic rings. The third-order valence-corrected chi connectivity index (χ3v) is 3.84. The number of carbonyl (C=O) groups is 1. The molecular weight excluding hydrogens is 256 g/mol. The normalized spacial score (nSPS) is 24.1. The van der Waals surface area contributed by atoms with Gasteiger partial charge in [-0.3, -0.25) is 9.79 Å². The van der Waals surface area contributed by atoms with Gasteiger partial charge in [-0.2, -0.15) is 0 Å². The zero-order chi connectivity index (χ0) is 14.4. The lowest BCUT2D eigenvalue weighted by Crippen LogP contribution is -2.55. The van der Waals surface area contributed by atoms with Gasteiger partial charge in [0, 0.05) is 46.4 Å². The summed E-state index contributed by atoms with van der Waals surface area (Å²) in [5.74, 6) is 1.11. The Kier molecular flexibility index (Phi) is 5.64. The number of nitrogens with one attached hydrogen (secondary N) is 1. The van der Waals surface area contributed by atoms with Crippen molar-refractivity contribution >= 4 is 11.9 Å². The minimum atomic E-state index is -0.195. The minimum absolute atomic E-state index is 0.165. The van der Waals surface area contributed by atoms with E-state index in [4.69, 9.17) is 4.74 Å². The molecule has 20 heavy (non-hydrogen) atoms. The molecule has 1 N–H and O–H groups in total. The quantitative estimate of drug-likeness (QED) is 0.597. The molecule has 1 amide bonds. The molecule has 1 unspecified atom stereocenters. The number of rotatable bonds is 3. The molecule has 0 spiro atoms. The van der Waals surface area contributed by atoms with Crippen molar-refractivity contribution in [3.63, 3.8) is 0 Å². The van der Waals surface area contributed by atoms with Crippen molar-refractivity contribution in [2.75, 3.05) is 46.4 Å². The molecule has 2 saturated heterocycles. The second kappa shape index (κ2) is 7.47. The fourth-order valence-electron chi connectivity index (χ4n) is 2.68. The number of hydrogen-bond donors (Lipinski definition) is 1. The van der Waals surface area contributed by atoms with Crippen LogP contribution < -0.4 is 5.32 Å². The van der Waals surface area contributed by atoms with Crippen LogP contribution in [0.25, 0.3) is 0 Å². The third-order valence-electron chi connectivity index (χ3n) is 3.84. The summed E-state index contributed by atoms with van der Waals surface area (Å²) in [6.07, 6.45) is 2.76. The maximum Gasteiger partial charge on any atom is 0.251 e. The number of piperazine rings is 1. The second-order valence-corrected chi connectivity index (χ2v) is 5.29. The molecule has 1 atom stereocenters. The Labute approximate surface area is 121 Å². The van der Waals surface area contributed by atoms with E-state index in [1.165, 1.54) is 0 Å². The number of guanidine groups is 1. The predicted molar refractivity (Wildman–Crippen MR) is 78.8 cm³/mol. The molecule has 2 heterocycles. The molecule has 0 radical (unpaired) electrons. The minimum Gasteiger partial charge on any atom is -0.368 e. The van der Waals surface area contributed by atoms with Gasteiger partial charge in [-0.25, -0.2) is 0 Å². The molecule has 0 aromatic heterocycles. The Morgan fingerprint density at radius 3 is 2.55 bits per heavy atom. The van der Waals surface area contributed by atoms with Crippen molar-refractivity contribution in [2.24, 2.45) is 4.99 Å². The zero-order valence-corrected chi connectivity index (χ0v) is 12.6. The lowest BCUT2D eigenvalue weighted by molar-refractivity contribution is -0.142. The van der Waals surface area contributed by atoms with Gasteiger partial charge >= 0.3 is 0 Å². The van der Waals surface area contributed by atoms with Gasteiger partial charge in [0.15, 0.2) is 5.96 Å². The summed E-state index contributed by atoms with van der Waals surface area (Å²) in [4.78, 5) is 20.7. The first-order chi connectivity index (χ1) is 9.76. The van der Waals surface area contributed by atoms with Gasteiger partial charge in [-0.15, -0.1) is 0 Å². The van der Waals surface area contributed by atoms with E-state index < -0.39 is 0 Å². The third kappa shape index (κ3) is 3.62. The number of aliphatic imine (C=N–C) groups is 1. The molecule has 0 aliphatic carbocycles. The highest BCUT2D eigenvalue weighted by Crippen LogP contribution is 2.16. The van der Waals surface area contributed by atoms with Gasteiger partial charge in [0.2, 0.25) is 0 Å². The average Bonchev–Trinajstić information content (AvgIpc) is 3.02. The first-order valence-electron chi connectivity index (χ1n) is 7.62. The lowest BCUT2D eigenvalue weighted by atomic mass is 10.2. The molecule has 114 valence electrons. The number of amides is 1. The fraction of sp³-hybridized carbons (Fsp3) is 0.857. The van der Waals surface area contributed by atoms with E-state index in [2.05, 4.69) is 22.1 Å². The average molecular weight is 282 g/mol. The summed E-state index contributed by atoms with van der Waals surface area (Å²) in [6, 6.07) is 0. The van der Waals surface area contributed by atoms with Crippen LogP contribution in [0.15, 0.2) is 4.99 Å². The number of carbonyl (C=O) groups excluding carboxylic acids is 1. The van der Waals surface area contributed by atoms with E-state index in [0.29, 0.717) is 0 Å². The number of hydrogen-bond acceptors (Lipinski definition) is 3. The van der Waals surface area contributed by atoms with Gasteiger partial charge < -0.3 is 19.9 Å². The van der Waals surface area contributed by atoms with Gasteiger partial charge in [0.25, 0.3) is 5.91 Å². The van der Waals surface area contributed by atoms with Crippen LogP contribution in [0, 0.1) is 0 Å². The summed E-state index contributed by atoms with van der Waals surface area (Å²) in [5.41, 5.74) is 0. The summed E-state index contributed by atoms with van der Waals surface area (Å²) < 4.78 is 5.48. The molecule has 6 nitrogen and oxygen atoms in total. The monoisotopic (exact) mass is 282 g/mol. The summed E-state index contributed by atoms with van der Waals surface area (Å²) in [6.45, 7) is 6.98. The van der Waals surface area contributed by atoms with Crippen LogP contribution in [0.2, 0.25) is 0 Å². The summed E-state index contributed by atoms with van der Waals surface area (Å²) in [5, 5.41) is 3.34. The van der Waals surface area contributed by atoms with E-state index >= 15 is 0 Å². The van der Waals surface area contributed by atoms with Crippen molar-refractivity contribution in [3.05, 3.63) is 0 Å². The Morgan fingerprint density at radius 1 is 1.30 bits per heavy atom. The van der Waals surface area contributed by atoms with Crippen LogP contribution in [0.1, 0.15) is 26.2 Å². The van der Waals surface area contributed by atoms with Crippen LogP contribution >= 0.6 is 0 Å². The predicted octanol–water partition coefficient (Wildman–Crippen LogP) is 0.295. The molecular formula is C14H26N4O2. The molecule has 2 fully saturated rings. The van der Waals surface area contributed by atoms with E-state index in [9.17, 15) is 4.79 Å². The first-order valence-corrected chi connectivity index (χ1v) is 7.62. The molecule has 0 bridgehead atoms. The maximum atomic E-state index is 12.3. The van der Waals surface area contributed by atoms with Crippen LogP contribution in [-0.4, -0.2) is 74.1 Å². The lowest BCUT2D eigenvalue weighted by Gasteiger charge is -2.37. The molecule has 6 heteroatoms. The first kappa shape index (κ1) is 15.1. The van der Waals surface area contributed by atoms with Crippen LogP contribution in [0.4, 0.5) is 0 Å². The standard InChI is InChI=1S/C14H26N4O2/c1-3-6-16-14(15-2)18-9-7-17(8-10-18)13(19)12-5-4-11-20-12/h12H,3-11H2,1-2H3,(H,15,16). The van der Waals surface area contributed by atoms with Gasteiger partial charge in [-0.05, 0) is 19.3 Å². The summed E-state index contributed by atoms with van der Waals surface area (Å²) in [7, 11) is 1.81. The van der Waals surface area contributed by atoms with E-state index in [-0.39, 0.29) is 12.0 Å². The van der Waals surface area contributed by atoms with E-state index in [1.807, 2.05) is 11.9 Å². The van der Waals surface area contributed by atoms with Crippen LogP contribution in [0.5, 0.6) is 0 Å². The maximum absolute atomic E-state index is 12.3. The van der Waals surface area contributed by atoms with Crippen molar-refractivity contribution in [1.82, 2.24) is 15.1 Å². The number of nitrogens with zero attached hydrogens (tertiary/aromatic N) is 3. The SMILES string of the molecule is CCCNC(=NC)N1CCN(C(=O)C2CCCO2)CC1.